The second-order valence-corrected chi connectivity index (χ2v) is 6.35. The molecule has 0 unspecified atom stereocenters. The van der Waals surface area contributed by atoms with E-state index in [-0.39, 0.29) is 6.61 Å². The number of carbonyl (C=O) groups is 2. The molecule has 0 spiro atoms. The van der Waals surface area contributed by atoms with Crippen molar-refractivity contribution in [2.24, 2.45) is 0 Å². The molecule has 126 valence electrons. The Morgan fingerprint density at radius 2 is 1.75 bits per heavy atom. The maximum atomic E-state index is 11.8. The lowest BCUT2D eigenvalue weighted by Gasteiger charge is -2.09. The zero-order valence-electron chi connectivity index (χ0n) is 12.8. The van der Waals surface area contributed by atoms with Gasteiger partial charge in [-0.25, -0.2) is 9.59 Å². The minimum absolute atomic E-state index is 0.236. The van der Waals surface area contributed by atoms with E-state index < -0.39 is 11.9 Å². The predicted octanol–water partition coefficient (Wildman–Crippen LogP) is 4.37. The number of benzene rings is 2. The molecule has 24 heavy (non-hydrogen) atoms. The highest BCUT2D eigenvalue weighted by molar-refractivity contribution is 9.11. The molecule has 0 aliphatic carbocycles. The van der Waals surface area contributed by atoms with Gasteiger partial charge < -0.3 is 14.2 Å². The van der Waals surface area contributed by atoms with Crippen LogP contribution < -0.4 is 9.47 Å². The van der Waals surface area contributed by atoms with E-state index in [9.17, 15) is 9.59 Å². The molecular weight excluding hydrogens is 444 g/mol. The first kappa shape index (κ1) is 18.5. The van der Waals surface area contributed by atoms with Gasteiger partial charge in [0.05, 0.1) is 16.6 Å². The van der Waals surface area contributed by atoms with Gasteiger partial charge >= 0.3 is 11.9 Å². The summed E-state index contributed by atoms with van der Waals surface area (Å²) in [6.07, 6.45) is 0. The summed E-state index contributed by atoms with van der Waals surface area (Å²) in [5.41, 5.74) is 0.395. The number of hydrogen-bond donors (Lipinski definition) is 0. The first-order valence-electron chi connectivity index (χ1n) is 7.05. The Kier molecular flexibility index (Phi) is 6.81. The highest BCUT2D eigenvalue weighted by atomic mass is 79.9. The van der Waals surface area contributed by atoms with Crippen LogP contribution in [0.5, 0.6) is 11.5 Å². The predicted molar refractivity (Wildman–Crippen MR) is 95.4 cm³/mol. The Bertz CT molecular complexity index is 728. The van der Waals surface area contributed by atoms with E-state index in [4.69, 9.17) is 14.2 Å². The standard InChI is InChI=1S/C17H14Br2O5/c1-2-22-17(21)11-3-6-13(7-4-11)24-16(20)10-23-15-8-5-12(18)9-14(15)19/h3-9H,2,10H2,1H3. The number of hydrogen-bond acceptors (Lipinski definition) is 5. The average Bonchev–Trinajstić information content (AvgIpc) is 2.55. The van der Waals surface area contributed by atoms with Gasteiger partial charge in [-0.3, -0.25) is 0 Å². The highest BCUT2D eigenvalue weighted by Gasteiger charge is 2.10. The Morgan fingerprint density at radius 3 is 2.38 bits per heavy atom. The molecule has 0 saturated carbocycles. The summed E-state index contributed by atoms with van der Waals surface area (Å²) in [5.74, 6) is -0.105. The molecule has 0 radical (unpaired) electrons. The molecule has 0 aromatic heterocycles. The Hall–Kier alpha value is -1.86. The quantitative estimate of drug-likeness (QED) is 0.476. The fourth-order valence-corrected chi connectivity index (χ4v) is 2.92. The Morgan fingerprint density at radius 1 is 1.04 bits per heavy atom. The normalized spacial score (nSPS) is 10.1. The van der Waals surface area contributed by atoms with Gasteiger partial charge in [-0.2, -0.15) is 0 Å². The second kappa shape index (κ2) is 8.84. The average molecular weight is 458 g/mol. The lowest BCUT2D eigenvalue weighted by Crippen LogP contribution is -2.17. The third-order valence-corrected chi connectivity index (χ3v) is 3.95. The molecule has 2 aromatic carbocycles. The number of esters is 2. The molecule has 0 N–H and O–H groups in total. The van der Waals surface area contributed by atoms with Gasteiger partial charge in [0.25, 0.3) is 0 Å². The third-order valence-electron chi connectivity index (χ3n) is 2.84. The molecule has 0 aliphatic heterocycles. The molecule has 0 heterocycles. The number of rotatable bonds is 6. The van der Waals surface area contributed by atoms with E-state index in [2.05, 4.69) is 31.9 Å². The van der Waals surface area contributed by atoms with Gasteiger partial charge in [0.2, 0.25) is 0 Å². The second-order valence-electron chi connectivity index (χ2n) is 4.58. The zero-order chi connectivity index (χ0) is 17.5. The van der Waals surface area contributed by atoms with E-state index in [1.807, 2.05) is 6.07 Å². The van der Waals surface area contributed by atoms with Gasteiger partial charge in [0, 0.05) is 4.47 Å². The largest absolute Gasteiger partial charge is 0.481 e. The van der Waals surface area contributed by atoms with Crippen LogP contribution in [0.1, 0.15) is 17.3 Å². The van der Waals surface area contributed by atoms with Gasteiger partial charge in [0.1, 0.15) is 11.5 Å². The minimum atomic E-state index is -0.547. The summed E-state index contributed by atoms with van der Waals surface area (Å²) in [4.78, 5) is 23.4. The maximum Gasteiger partial charge on any atom is 0.349 e. The van der Waals surface area contributed by atoms with Crippen LogP contribution in [0.4, 0.5) is 0 Å². The maximum absolute atomic E-state index is 11.8. The first-order valence-corrected chi connectivity index (χ1v) is 8.64. The van der Waals surface area contributed by atoms with Crippen molar-refractivity contribution in [2.45, 2.75) is 6.92 Å². The van der Waals surface area contributed by atoms with Crippen molar-refractivity contribution in [2.75, 3.05) is 13.2 Å². The number of carbonyl (C=O) groups excluding carboxylic acids is 2. The molecule has 0 saturated heterocycles. The van der Waals surface area contributed by atoms with Crippen LogP contribution in [0.25, 0.3) is 0 Å². The van der Waals surface area contributed by atoms with Crippen molar-refractivity contribution >= 4 is 43.8 Å². The molecule has 0 bridgehead atoms. The molecule has 0 atom stereocenters. The van der Waals surface area contributed by atoms with Crippen LogP contribution >= 0.6 is 31.9 Å². The van der Waals surface area contributed by atoms with E-state index in [0.717, 1.165) is 8.95 Å². The van der Waals surface area contributed by atoms with Crippen molar-refractivity contribution in [3.63, 3.8) is 0 Å². The Balaban J connectivity index is 1.89. The zero-order valence-corrected chi connectivity index (χ0v) is 15.9. The van der Waals surface area contributed by atoms with E-state index >= 15 is 0 Å². The van der Waals surface area contributed by atoms with E-state index in [1.54, 1.807) is 19.1 Å². The molecule has 2 aromatic rings. The van der Waals surface area contributed by atoms with Crippen LogP contribution in [0.15, 0.2) is 51.4 Å². The van der Waals surface area contributed by atoms with Crippen molar-refractivity contribution in [3.8, 4) is 11.5 Å². The summed E-state index contributed by atoms with van der Waals surface area (Å²) in [7, 11) is 0. The first-order chi connectivity index (χ1) is 11.5. The van der Waals surface area contributed by atoms with Crippen molar-refractivity contribution in [1.29, 1.82) is 0 Å². The summed E-state index contributed by atoms with van der Waals surface area (Å²) in [6.45, 7) is 1.80. The van der Waals surface area contributed by atoms with Crippen molar-refractivity contribution < 1.29 is 23.8 Å². The molecule has 7 heteroatoms. The minimum Gasteiger partial charge on any atom is -0.481 e. The highest BCUT2D eigenvalue weighted by Crippen LogP contribution is 2.28. The van der Waals surface area contributed by atoms with Gasteiger partial charge in [0.15, 0.2) is 6.61 Å². The van der Waals surface area contributed by atoms with Crippen LogP contribution in [0.3, 0.4) is 0 Å². The lowest BCUT2D eigenvalue weighted by molar-refractivity contribution is -0.136. The lowest BCUT2D eigenvalue weighted by atomic mass is 10.2. The summed E-state index contributed by atoms with van der Waals surface area (Å²) in [5, 5.41) is 0. The number of halogens is 2. The van der Waals surface area contributed by atoms with Gasteiger partial charge in [-0.1, -0.05) is 15.9 Å². The van der Waals surface area contributed by atoms with Crippen molar-refractivity contribution in [3.05, 3.63) is 57.0 Å². The Labute approximate surface area is 156 Å². The molecule has 5 nitrogen and oxygen atoms in total. The van der Waals surface area contributed by atoms with Crippen LogP contribution in [0, 0.1) is 0 Å². The molecule has 0 aliphatic rings. The van der Waals surface area contributed by atoms with Gasteiger partial charge in [-0.05, 0) is 65.3 Å². The molecule has 0 amide bonds. The molecular formula is C17H14Br2O5. The monoisotopic (exact) mass is 456 g/mol. The fraction of sp³-hybridized carbons (Fsp3) is 0.176. The topological polar surface area (TPSA) is 61.8 Å². The smallest absolute Gasteiger partial charge is 0.349 e. The molecule has 0 fully saturated rings. The molecule has 2 rings (SSSR count). The summed E-state index contributed by atoms with van der Waals surface area (Å²) >= 11 is 6.68. The van der Waals surface area contributed by atoms with E-state index in [1.165, 1.54) is 24.3 Å². The summed E-state index contributed by atoms with van der Waals surface area (Å²) in [6, 6.07) is 11.5. The SMILES string of the molecule is CCOC(=O)c1ccc(OC(=O)COc2ccc(Br)cc2Br)cc1. The summed E-state index contributed by atoms with van der Waals surface area (Å²) < 4.78 is 17.1. The van der Waals surface area contributed by atoms with E-state index in [0.29, 0.717) is 23.7 Å². The fourth-order valence-electron chi connectivity index (χ4n) is 1.76. The third kappa shape index (κ3) is 5.35. The van der Waals surface area contributed by atoms with Crippen LogP contribution in [0.2, 0.25) is 0 Å². The number of ether oxygens (including phenoxy) is 3. The van der Waals surface area contributed by atoms with Crippen molar-refractivity contribution in [1.82, 2.24) is 0 Å². The van der Waals surface area contributed by atoms with Gasteiger partial charge in [-0.15, -0.1) is 0 Å². The van der Waals surface area contributed by atoms with Crippen LogP contribution in [-0.4, -0.2) is 25.2 Å². The van der Waals surface area contributed by atoms with Crippen LogP contribution in [-0.2, 0) is 9.53 Å².